The highest BCUT2D eigenvalue weighted by molar-refractivity contribution is 9.09. The number of carbonyl (C=O) groups excluding carboxylic acids is 2. The first-order valence-electron chi connectivity index (χ1n) is 4.96. The van der Waals surface area contributed by atoms with E-state index in [1.807, 2.05) is 6.92 Å². The third-order valence-corrected chi connectivity index (χ3v) is 3.26. The molecule has 1 unspecified atom stereocenters. The van der Waals surface area contributed by atoms with Crippen LogP contribution < -0.4 is 4.74 Å². The fourth-order valence-electron chi connectivity index (χ4n) is 1.36. The van der Waals surface area contributed by atoms with E-state index >= 15 is 0 Å². The van der Waals surface area contributed by atoms with Gasteiger partial charge in [0.15, 0.2) is 6.29 Å². The summed E-state index contributed by atoms with van der Waals surface area (Å²) >= 11 is 3.26. The minimum Gasteiger partial charge on any atom is -0.494 e. The number of carbonyl (C=O) groups is 2. The van der Waals surface area contributed by atoms with Crippen molar-refractivity contribution in [2.75, 3.05) is 6.61 Å². The lowest BCUT2D eigenvalue weighted by Crippen LogP contribution is -2.05. The zero-order valence-corrected chi connectivity index (χ0v) is 10.8. The molecule has 0 amide bonds. The lowest BCUT2D eigenvalue weighted by molar-refractivity contribution is -0.116. The molecule has 0 bridgehead atoms. The van der Waals surface area contributed by atoms with Crippen LogP contribution in [0.25, 0.3) is 0 Å². The van der Waals surface area contributed by atoms with E-state index in [1.54, 1.807) is 18.2 Å². The Bertz CT molecular complexity index is 401. The summed E-state index contributed by atoms with van der Waals surface area (Å²) in [5.74, 6) is 0.601. The molecule has 0 aromatic heterocycles. The van der Waals surface area contributed by atoms with Gasteiger partial charge in [0, 0.05) is 5.56 Å². The molecule has 1 aromatic rings. The molecule has 0 aliphatic rings. The molecular formula is C12H13BrO3. The number of rotatable bonds is 5. The third-order valence-electron chi connectivity index (χ3n) is 2.13. The van der Waals surface area contributed by atoms with Gasteiger partial charge in [-0.05, 0) is 31.5 Å². The van der Waals surface area contributed by atoms with Gasteiger partial charge >= 0.3 is 0 Å². The molecule has 4 heteroatoms. The van der Waals surface area contributed by atoms with Crippen molar-refractivity contribution < 1.29 is 14.3 Å². The minimum atomic E-state index is -0.441. The molecule has 1 rings (SSSR count). The Balaban J connectivity index is 3.11. The fraction of sp³-hybridized carbons (Fsp3) is 0.333. The molecule has 0 fully saturated rings. The number of hydrogen-bond donors (Lipinski definition) is 0. The van der Waals surface area contributed by atoms with Gasteiger partial charge in [-0.3, -0.25) is 9.59 Å². The Morgan fingerprint density at radius 1 is 1.56 bits per heavy atom. The van der Waals surface area contributed by atoms with Crippen LogP contribution in [-0.2, 0) is 4.79 Å². The van der Waals surface area contributed by atoms with E-state index in [9.17, 15) is 9.59 Å². The zero-order valence-electron chi connectivity index (χ0n) is 9.20. The van der Waals surface area contributed by atoms with Gasteiger partial charge in [-0.1, -0.05) is 22.0 Å². The first-order chi connectivity index (χ1) is 7.60. The Morgan fingerprint density at radius 3 is 2.75 bits per heavy atom. The SMILES string of the molecule is CCOc1ccc(C(Br)C(C)=O)c(C=O)c1. The van der Waals surface area contributed by atoms with Gasteiger partial charge in [0.05, 0.1) is 11.4 Å². The van der Waals surface area contributed by atoms with Crippen LogP contribution >= 0.6 is 15.9 Å². The second-order valence-corrected chi connectivity index (χ2v) is 4.23. The lowest BCUT2D eigenvalue weighted by Gasteiger charge is -2.11. The summed E-state index contributed by atoms with van der Waals surface area (Å²) in [6, 6.07) is 5.13. The number of aldehydes is 1. The van der Waals surface area contributed by atoms with E-state index < -0.39 is 4.83 Å². The van der Waals surface area contributed by atoms with Gasteiger partial charge in [0.1, 0.15) is 11.5 Å². The highest BCUT2D eigenvalue weighted by Gasteiger charge is 2.16. The zero-order chi connectivity index (χ0) is 12.1. The maximum atomic E-state index is 11.2. The Hall–Kier alpha value is -1.16. The first kappa shape index (κ1) is 12.9. The van der Waals surface area contributed by atoms with Crippen molar-refractivity contribution in [1.29, 1.82) is 0 Å². The van der Waals surface area contributed by atoms with Crippen molar-refractivity contribution >= 4 is 28.0 Å². The van der Waals surface area contributed by atoms with E-state index in [0.717, 1.165) is 6.29 Å². The van der Waals surface area contributed by atoms with Crippen LogP contribution in [-0.4, -0.2) is 18.7 Å². The largest absolute Gasteiger partial charge is 0.494 e. The molecular weight excluding hydrogens is 272 g/mol. The maximum Gasteiger partial charge on any atom is 0.150 e. The summed E-state index contributed by atoms with van der Waals surface area (Å²) in [6.07, 6.45) is 0.731. The molecule has 86 valence electrons. The third kappa shape index (κ3) is 2.92. The predicted molar refractivity (Wildman–Crippen MR) is 65.3 cm³/mol. The van der Waals surface area contributed by atoms with Gasteiger partial charge in [-0.2, -0.15) is 0 Å². The average molecular weight is 285 g/mol. The molecule has 3 nitrogen and oxygen atoms in total. The van der Waals surface area contributed by atoms with Gasteiger partial charge in [-0.25, -0.2) is 0 Å². The summed E-state index contributed by atoms with van der Waals surface area (Å²) in [6.45, 7) is 3.89. The molecule has 0 saturated carbocycles. The van der Waals surface area contributed by atoms with Crippen molar-refractivity contribution in [1.82, 2.24) is 0 Å². The normalized spacial score (nSPS) is 11.9. The summed E-state index contributed by atoms with van der Waals surface area (Å²) in [5.41, 5.74) is 1.15. The van der Waals surface area contributed by atoms with Crippen LogP contribution in [0.4, 0.5) is 0 Å². The number of hydrogen-bond acceptors (Lipinski definition) is 3. The van der Waals surface area contributed by atoms with Gasteiger partial charge in [-0.15, -0.1) is 0 Å². The average Bonchev–Trinajstić information content (AvgIpc) is 2.28. The highest BCUT2D eigenvalue weighted by atomic mass is 79.9. The summed E-state index contributed by atoms with van der Waals surface area (Å²) < 4.78 is 5.28. The number of halogens is 1. The second-order valence-electron chi connectivity index (χ2n) is 3.31. The molecule has 0 N–H and O–H groups in total. The summed E-state index contributed by atoms with van der Waals surface area (Å²) in [7, 11) is 0. The molecule has 1 atom stereocenters. The molecule has 0 heterocycles. The van der Waals surface area contributed by atoms with E-state index in [4.69, 9.17) is 4.74 Å². The standard InChI is InChI=1S/C12H13BrO3/c1-3-16-10-4-5-11(9(6-10)7-14)12(13)8(2)15/h4-7,12H,3H2,1-2H3. The van der Waals surface area contributed by atoms with Crippen molar-refractivity contribution in [2.24, 2.45) is 0 Å². The number of ketones is 1. The van der Waals surface area contributed by atoms with Crippen molar-refractivity contribution in [3.63, 3.8) is 0 Å². The monoisotopic (exact) mass is 284 g/mol. The van der Waals surface area contributed by atoms with E-state index in [0.29, 0.717) is 23.5 Å². The first-order valence-corrected chi connectivity index (χ1v) is 5.88. The lowest BCUT2D eigenvalue weighted by atomic mass is 10.0. The van der Waals surface area contributed by atoms with Crippen LogP contribution in [0.15, 0.2) is 18.2 Å². The highest BCUT2D eigenvalue weighted by Crippen LogP contribution is 2.28. The topological polar surface area (TPSA) is 43.4 Å². The number of Topliss-reactive ketones (excluding diaryl/α,β-unsaturated/α-hetero) is 1. The molecule has 1 aromatic carbocycles. The van der Waals surface area contributed by atoms with Crippen LogP contribution in [0.5, 0.6) is 5.75 Å². The predicted octanol–water partition coefficient (Wildman–Crippen LogP) is 2.92. The van der Waals surface area contributed by atoms with Gasteiger partial charge in [0.2, 0.25) is 0 Å². The molecule has 0 aliphatic carbocycles. The van der Waals surface area contributed by atoms with Crippen molar-refractivity contribution in [3.8, 4) is 5.75 Å². The van der Waals surface area contributed by atoms with Crippen molar-refractivity contribution in [3.05, 3.63) is 29.3 Å². The second kappa shape index (κ2) is 5.80. The van der Waals surface area contributed by atoms with E-state index in [2.05, 4.69) is 15.9 Å². The van der Waals surface area contributed by atoms with Crippen LogP contribution in [0.1, 0.15) is 34.6 Å². The molecule has 0 radical (unpaired) electrons. The fourth-order valence-corrected chi connectivity index (χ4v) is 1.78. The smallest absolute Gasteiger partial charge is 0.150 e. The molecule has 0 spiro atoms. The Labute approximate surface area is 103 Å². The number of benzene rings is 1. The number of alkyl halides is 1. The molecule has 0 saturated heterocycles. The summed E-state index contributed by atoms with van der Waals surface area (Å²) in [5, 5.41) is 0. The van der Waals surface area contributed by atoms with Gasteiger partial charge < -0.3 is 4.74 Å². The quantitative estimate of drug-likeness (QED) is 0.617. The van der Waals surface area contributed by atoms with E-state index in [1.165, 1.54) is 6.92 Å². The minimum absolute atomic E-state index is 0.0349. The Kier molecular flexibility index (Phi) is 4.68. The number of ether oxygens (including phenoxy) is 1. The Morgan fingerprint density at radius 2 is 2.25 bits per heavy atom. The van der Waals surface area contributed by atoms with Crippen LogP contribution in [0, 0.1) is 0 Å². The van der Waals surface area contributed by atoms with Crippen LogP contribution in [0.2, 0.25) is 0 Å². The molecule has 16 heavy (non-hydrogen) atoms. The van der Waals surface area contributed by atoms with Gasteiger partial charge in [0.25, 0.3) is 0 Å². The maximum absolute atomic E-state index is 11.2. The van der Waals surface area contributed by atoms with Crippen molar-refractivity contribution in [2.45, 2.75) is 18.7 Å². The van der Waals surface area contributed by atoms with E-state index in [-0.39, 0.29) is 5.78 Å². The van der Waals surface area contributed by atoms with Crippen LogP contribution in [0.3, 0.4) is 0 Å². The molecule has 0 aliphatic heterocycles. The summed E-state index contributed by atoms with van der Waals surface area (Å²) in [4.78, 5) is 21.7.